The van der Waals surface area contributed by atoms with E-state index >= 15 is 0 Å². The normalized spacial score (nSPS) is 21.0. The zero-order valence-electron chi connectivity index (χ0n) is 11.7. The van der Waals surface area contributed by atoms with Gasteiger partial charge in [-0.2, -0.15) is 0 Å². The molecule has 0 aromatic rings. The van der Waals surface area contributed by atoms with Gasteiger partial charge in [0.15, 0.2) is 0 Å². The lowest BCUT2D eigenvalue weighted by molar-refractivity contribution is 0.103. The summed E-state index contributed by atoms with van der Waals surface area (Å²) in [4.78, 5) is 5.00. The monoisotopic (exact) mass is 243 g/mol. The molecule has 0 aromatic carbocycles. The fourth-order valence-electron chi connectivity index (χ4n) is 2.46. The fraction of sp³-hybridized carbons (Fsp3) is 1.00. The van der Waals surface area contributed by atoms with Crippen molar-refractivity contribution in [3.8, 4) is 0 Å². The second kappa shape index (κ2) is 8.03. The Hall–Kier alpha value is -0.160. The number of likely N-dealkylation sites (N-methyl/N-ethyl adjacent to an activating group) is 1. The van der Waals surface area contributed by atoms with Crippen LogP contribution >= 0.6 is 0 Å². The van der Waals surface area contributed by atoms with Crippen molar-refractivity contribution in [3.05, 3.63) is 0 Å². The third kappa shape index (κ3) is 5.82. The van der Waals surface area contributed by atoms with Crippen LogP contribution < -0.4 is 5.32 Å². The molecule has 1 saturated heterocycles. The Balaban J connectivity index is 2.22. The van der Waals surface area contributed by atoms with Crippen LogP contribution in [0, 0.1) is 5.92 Å². The molecule has 102 valence electrons. The van der Waals surface area contributed by atoms with Crippen molar-refractivity contribution in [2.45, 2.75) is 26.8 Å². The van der Waals surface area contributed by atoms with E-state index in [9.17, 15) is 5.11 Å². The fourth-order valence-corrected chi connectivity index (χ4v) is 2.46. The third-order valence-corrected chi connectivity index (χ3v) is 3.28. The van der Waals surface area contributed by atoms with Crippen molar-refractivity contribution in [1.29, 1.82) is 0 Å². The highest BCUT2D eigenvalue weighted by Gasteiger charge is 2.19. The largest absolute Gasteiger partial charge is 0.395 e. The van der Waals surface area contributed by atoms with E-state index in [-0.39, 0.29) is 12.6 Å². The lowest BCUT2D eigenvalue weighted by Crippen LogP contribution is -2.52. The number of nitrogens with zero attached hydrogens (tertiary/aromatic N) is 2. The van der Waals surface area contributed by atoms with Gasteiger partial charge in [-0.25, -0.2) is 0 Å². The van der Waals surface area contributed by atoms with Crippen LogP contribution in [0.25, 0.3) is 0 Å². The summed E-state index contributed by atoms with van der Waals surface area (Å²) >= 11 is 0. The predicted octanol–water partition coefficient (Wildman–Crippen LogP) is 0.230. The highest BCUT2D eigenvalue weighted by Crippen LogP contribution is 2.05. The number of rotatable bonds is 7. The van der Waals surface area contributed by atoms with Gasteiger partial charge in [0, 0.05) is 45.3 Å². The highest BCUT2D eigenvalue weighted by atomic mass is 16.3. The second-order valence-electron chi connectivity index (χ2n) is 5.43. The number of hydrogen-bond donors (Lipinski definition) is 2. The van der Waals surface area contributed by atoms with Crippen LogP contribution in [0.15, 0.2) is 0 Å². The zero-order valence-corrected chi connectivity index (χ0v) is 11.7. The van der Waals surface area contributed by atoms with Crippen LogP contribution in [-0.2, 0) is 0 Å². The van der Waals surface area contributed by atoms with E-state index < -0.39 is 0 Å². The first kappa shape index (κ1) is 14.9. The molecule has 1 unspecified atom stereocenters. The standard InChI is InChI=1S/C13H29N3O/c1-4-14-13(11-17)10-16-7-5-15(6-8-16)9-12(2)3/h12-14,17H,4-11H2,1-3H3. The topological polar surface area (TPSA) is 38.7 Å². The summed E-state index contributed by atoms with van der Waals surface area (Å²) in [7, 11) is 0. The molecule has 1 rings (SSSR count). The van der Waals surface area contributed by atoms with Crippen molar-refractivity contribution in [1.82, 2.24) is 15.1 Å². The maximum absolute atomic E-state index is 9.26. The van der Waals surface area contributed by atoms with Crippen molar-refractivity contribution in [2.75, 3.05) is 52.4 Å². The molecular weight excluding hydrogens is 214 g/mol. The second-order valence-corrected chi connectivity index (χ2v) is 5.43. The van der Waals surface area contributed by atoms with Gasteiger partial charge >= 0.3 is 0 Å². The molecule has 1 atom stereocenters. The Kier molecular flexibility index (Phi) is 7.04. The van der Waals surface area contributed by atoms with E-state index in [4.69, 9.17) is 0 Å². The Bertz CT molecular complexity index is 191. The first-order chi connectivity index (χ1) is 8.15. The molecule has 4 heteroatoms. The van der Waals surface area contributed by atoms with E-state index in [1.165, 1.54) is 19.6 Å². The average molecular weight is 243 g/mol. The quantitative estimate of drug-likeness (QED) is 0.671. The Morgan fingerprint density at radius 2 is 1.59 bits per heavy atom. The smallest absolute Gasteiger partial charge is 0.0597 e. The van der Waals surface area contributed by atoms with Gasteiger partial charge in [-0.15, -0.1) is 0 Å². The first-order valence-electron chi connectivity index (χ1n) is 6.94. The lowest BCUT2D eigenvalue weighted by Gasteiger charge is -2.37. The SMILES string of the molecule is CCNC(CO)CN1CCN(CC(C)C)CC1. The van der Waals surface area contributed by atoms with E-state index in [0.29, 0.717) is 0 Å². The summed E-state index contributed by atoms with van der Waals surface area (Å²) in [6.07, 6.45) is 0. The molecule has 1 fully saturated rings. The molecule has 1 aliphatic rings. The number of aliphatic hydroxyl groups excluding tert-OH is 1. The molecule has 0 spiro atoms. The molecule has 1 aliphatic heterocycles. The summed E-state index contributed by atoms with van der Waals surface area (Å²) in [6, 6.07) is 0.233. The minimum absolute atomic E-state index is 0.233. The Morgan fingerprint density at radius 1 is 1.06 bits per heavy atom. The van der Waals surface area contributed by atoms with E-state index in [2.05, 4.69) is 35.9 Å². The number of hydrogen-bond acceptors (Lipinski definition) is 4. The van der Waals surface area contributed by atoms with E-state index in [1.807, 2.05) is 0 Å². The minimum atomic E-state index is 0.233. The molecular formula is C13H29N3O. The molecule has 0 aliphatic carbocycles. The Labute approximate surface area is 106 Å². The molecule has 0 radical (unpaired) electrons. The van der Waals surface area contributed by atoms with Crippen molar-refractivity contribution in [3.63, 3.8) is 0 Å². The van der Waals surface area contributed by atoms with Crippen LogP contribution in [-0.4, -0.2) is 73.4 Å². The number of nitrogens with one attached hydrogen (secondary N) is 1. The van der Waals surface area contributed by atoms with Crippen molar-refractivity contribution < 1.29 is 5.11 Å². The lowest BCUT2D eigenvalue weighted by atomic mass is 10.2. The van der Waals surface area contributed by atoms with Gasteiger partial charge in [0.05, 0.1) is 6.61 Å². The minimum Gasteiger partial charge on any atom is -0.395 e. The molecule has 1 heterocycles. The number of aliphatic hydroxyl groups is 1. The van der Waals surface area contributed by atoms with Crippen LogP contribution in [0.4, 0.5) is 0 Å². The van der Waals surface area contributed by atoms with Crippen LogP contribution in [0.3, 0.4) is 0 Å². The summed E-state index contributed by atoms with van der Waals surface area (Å²) in [5, 5.41) is 12.6. The van der Waals surface area contributed by atoms with Gasteiger partial charge in [0.1, 0.15) is 0 Å². The van der Waals surface area contributed by atoms with Gasteiger partial charge in [0.2, 0.25) is 0 Å². The van der Waals surface area contributed by atoms with Gasteiger partial charge in [0.25, 0.3) is 0 Å². The van der Waals surface area contributed by atoms with Gasteiger partial charge in [-0.1, -0.05) is 20.8 Å². The van der Waals surface area contributed by atoms with E-state index in [1.54, 1.807) is 0 Å². The predicted molar refractivity (Wildman–Crippen MR) is 72.3 cm³/mol. The average Bonchev–Trinajstić information content (AvgIpc) is 2.30. The van der Waals surface area contributed by atoms with Gasteiger partial charge in [-0.3, -0.25) is 4.90 Å². The third-order valence-electron chi connectivity index (χ3n) is 3.28. The molecule has 0 amide bonds. The summed E-state index contributed by atoms with van der Waals surface area (Å²) in [6.45, 7) is 14.6. The maximum atomic E-state index is 9.26. The number of piperazine rings is 1. The summed E-state index contributed by atoms with van der Waals surface area (Å²) < 4.78 is 0. The van der Waals surface area contributed by atoms with Crippen LogP contribution in [0.5, 0.6) is 0 Å². The molecule has 17 heavy (non-hydrogen) atoms. The molecule has 0 saturated carbocycles. The zero-order chi connectivity index (χ0) is 12.7. The molecule has 2 N–H and O–H groups in total. The van der Waals surface area contributed by atoms with Crippen molar-refractivity contribution >= 4 is 0 Å². The van der Waals surface area contributed by atoms with Crippen LogP contribution in [0.2, 0.25) is 0 Å². The van der Waals surface area contributed by atoms with Crippen LogP contribution in [0.1, 0.15) is 20.8 Å². The highest BCUT2D eigenvalue weighted by molar-refractivity contribution is 4.77. The van der Waals surface area contributed by atoms with E-state index in [0.717, 1.165) is 32.1 Å². The van der Waals surface area contributed by atoms with Gasteiger partial charge < -0.3 is 15.3 Å². The summed E-state index contributed by atoms with van der Waals surface area (Å²) in [5.74, 6) is 0.758. The maximum Gasteiger partial charge on any atom is 0.0597 e. The van der Waals surface area contributed by atoms with Gasteiger partial charge in [-0.05, 0) is 12.5 Å². The Morgan fingerprint density at radius 3 is 2.00 bits per heavy atom. The summed E-state index contributed by atoms with van der Waals surface area (Å²) in [5.41, 5.74) is 0. The van der Waals surface area contributed by atoms with Crippen molar-refractivity contribution in [2.24, 2.45) is 5.92 Å². The molecule has 4 nitrogen and oxygen atoms in total. The molecule has 0 aromatic heterocycles. The first-order valence-corrected chi connectivity index (χ1v) is 6.94. The molecule has 0 bridgehead atoms.